The van der Waals surface area contributed by atoms with Crippen LogP contribution in [0, 0.1) is 0 Å². The minimum absolute atomic E-state index is 0. The highest BCUT2D eigenvalue weighted by Gasteiger charge is 2.35. The molecule has 2 heterocycles. The Hall–Kier alpha value is -1.10. The van der Waals surface area contributed by atoms with Crippen LogP contribution >= 0.6 is 24.0 Å². The third-order valence-corrected chi connectivity index (χ3v) is 5.29. The number of hydrogen-bond acceptors (Lipinski definition) is 4. The summed E-state index contributed by atoms with van der Waals surface area (Å²) in [5.74, 6) is 0.562. The van der Waals surface area contributed by atoms with Crippen LogP contribution in [0.4, 0.5) is 0 Å². The van der Waals surface area contributed by atoms with Crippen molar-refractivity contribution in [3.8, 4) is 0 Å². The summed E-state index contributed by atoms with van der Waals surface area (Å²) in [6.07, 6.45) is 3.40. The van der Waals surface area contributed by atoms with E-state index in [9.17, 15) is 9.59 Å². The fourth-order valence-electron chi connectivity index (χ4n) is 3.38. The summed E-state index contributed by atoms with van der Waals surface area (Å²) in [5.41, 5.74) is 4.86. The molecule has 0 saturated carbocycles. The number of carbonyl (C=O) groups is 2. The summed E-state index contributed by atoms with van der Waals surface area (Å²) in [6.45, 7) is 8.67. The van der Waals surface area contributed by atoms with Gasteiger partial charge < -0.3 is 20.9 Å². The van der Waals surface area contributed by atoms with Crippen molar-refractivity contribution in [3.05, 3.63) is 0 Å². The first-order chi connectivity index (χ1) is 11.9. The summed E-state index contributed by atoms with van der Waals surface area (Å²) in [7, 11) is 1.73. The van der Waals surface area contributed by atoms with E-state index in [4.69, 9.17) is 5.73 Å². The Labute approximate surface area is 173 Å². The van der Waals surface area contributed by atoms with Crippen molar-refractivity contribution in [1.82, 2.24) is 20.0 Å². The number of nitrogens with zero attached hydrogens (tertiary/aromatic N) is 4. The SMILES string of the molecule is CN=C(NCC(=O)N1CCCCC1)N1CCN(C(C)(C)C(N)=O)CC1.I. The highest BCUT2D eigenvalue weighted by atomic mass is 127. The van der Waals surface area contributed by atoms with Gasteiger partial charge in [-0.3, -0.25) is 19.5 Å². The van der Waals surface area contributed by atoms with Crippen LogP contribution in [-0.4, -0.2) is 90.9 Å². The zero-order chi connectivity index (χ0) is 18.4. The second kappa shape index (κ2) is 10.3. The van der Waals surface area contributed by atoms with Gasteiger partial charge in [-0.05, 0) is 33.1 Å². The molecule has 2 aliphatic heterocycles. The number of amides is 2. The van der Waals surface area contributed by atoms with E-state index in [2.05, 4.69) is 20.1 Å². The van der Waals surface area contributed by atoms with Crippen molar-refractivity contribution in [2.75, 3.05) is 52.9 Å². The van der Waals surface area contributed by atoms with E-state index in [0.29, 0.717) is 0 Å². The van der Waals surface area contributed by atoms with Crippen LogP contribution in [0.2, 0.25) is 0 Å². The molecule has 150 valence electrons. The molecular weight excluding hydrogens is 447 g/mol. The van der Waals surface area contributed by atoms with Crippen LogP contribution in [0.3, 0.4) is 0 Å². The Kier molecular flexibility index (Phi) is 9.08. The van der Waals surface area contributed by atoms with Crippen molar-refractivity contribution >= 4 is 41.8 Å². The summed E-state index contributed by atoms with van der Waals surface area (Å²) in [6, 6.07) is 0. The molecule has 0 atom stereocenters. The van der Waals surface area contributed by atoms with Gasteiger partial charge in [-0.15, -0.1) is 24.0 Å². The molecule has 0 aromatic carbocycles. The number of hydrogen-bond donors (Lipinski definition) is 2. The van der Waals surface area contributed by atoms with Crippen LogP contribution in [0.1, 0.15) is 33.1 Å². The summed E-state index contributed by atoms with van der Waals surface area (Å²) < 4.78 is 0. The molecular formula is C17H33IN6O2. The summed E-state index contributed by atoms with van der Waals surface area (Å²) >= 11 is 0. The Bertz CT molecular complexity index is 511. The lowest BCUT2D eigenvalue weighted by molar-refractivity contribution is -0.131. The second-order valence-corrected chi connectivity index (χ2v) is 7.24. The molecule has 0 bridgehead atoms. The molecule has 2 amide bonds. The minimum atomic E-state index is -0.646. The smallest absolute Gasteiger partial charge is 0.241 e. The molecule has 0 spiro atoms. The molecule has 9 heteroatoms. The van der Waals surface area contributed by atoms with Gasteiger partial charge in [-0.25, -0.2) is 0 Å². The first-order valence-electron chi connectivity index (χ1n) is 9.14. The first-order valence-corrected chi connectivity index (χ1v) is 9.14. The van der Waals surface area contributed by atoms with Gasteiger partial charge in [-0.2, -0.15) is 0 Å². The van der Waals surface area contributed by atoms with Crippen LogP contribution in [0.15, 0.2) is 4.99 Å². The summed E-state index contributed by atoms with van der Waals surface area (Å²) in [4.78, 5) is 34.3. The van der Waals surface area contributed by atoms with Gasteiger partial charge in [0.1, 0.15) is 0 Å². The van der Waals surface area contributed by atoms with E-state index in [1.54, 1.807) is 7.05 Å². The molecule has 2 rings (SSSR count). The topological polar surface area (TPSA) is 94.3 Å². The number of nitrogens with two attached hydrogens (primary N) is 1. The van der Waals surface area contributed by atoms with E-state index in [0.717, 1.165) is 58.1 Å². The highest BCUT2D eigenvalue weighted by molar-refractivity contribution is 14.0. The maximum Gasteiger partial charge on any atom is 0.241 e. The quantitative estimate of drug-likeness (QED) is 0.338. The first kappa shape index (κ1) is 22.9. The van der Waals surface area contributed by atoms with Gasteiger partial charge >= 0.3 is 0 Å². The Morgan fingerprint density at radius 3 is 2.08 bits per heavy atom. The van der Waals surface area contributed by atoms with Crippen molar-refractivity contribution in [2.45, 2.75) is 38.6 Å². The monoisotopic (exact) mass is 480 g/mol. The van der Waals surface area contributed by atoms with Crippen LogP contribution in [0.5, 0.6) is 0 Å². The predicted molar refractivity (Wildman–Crippen MR) is 114 cm³/mol. The third kappa shape index (κ3) is 5.70. The average molecular weight is 480 g/mol. The molecule has 8 nitrogen and oxygen atoms in total. The molecule has 0 unspecified atom stereocenters. The highest BCUT2D eigenvalue weighted by Crippen LogP contribution is 2.16. The van der Waals surface area contributed by atoms with Gasteiger partial charge in [0.2, 0.25) is 11.8 Å². The van der Waals surface area contributed by atoms with Crippen LogP contribution < -0.4 is 11.1 Å². The number of carbonyl (C=O) groups excluding carboxylic acids is 2. The third-order valence-electron chi connectivity index (χ3n) is 5.29. The number of guanidine groups is 1. The second-order valence-electron chi connectivity index (χ2n) is 7.24. The number of likely N-dealkylation sites (tertiary alicyclic amines) is 1. The van der Waals surface area contributed by atoms with Gasteiger partial charge in [0.05, 0.1) is 12.1 Å². The lowest BCUT2D eigenvalue weighted by atomic mass is 10.0. The lowest BCUT2D eigenvalue weighted by Gasteiger charge is -2.43. The van der Waals surface area contributed by atoms with Gasteiger partial charge in [0.25, 0.3) is 0 Å². The minimum Gasteiger partial charge on any atom is -0.368 e. The number of primary amides is 1. The molecule has 2 aliphatic rings. The van der Waals surface area contributed by atoms with Crippen LogP contribution in [0.25, 0.3) is 0 Å². The number of aliphatic imine (C=N–C) groups is 1. The van der Waals surface area contributed by atoms with Gasteiger partial charge in [-0.1, -0.05) is 0 Å². The fraction of sp³-hybridized carbons (Fsp3) is 0.824. The van der Waals surface area contributed by atoms with Gasteiger partial charge in [0.15, 0.2) is 5.96 Å². The maximum absolute atomic E-state index is 12.3. The Morgan fingerprint density at radius 1 is 1.00 bits per heavy atom. The number of nitrogens with one attached hydrogen (secondary N) is 1. The molecule has 2 saturated heterocycles. The molecule has 0 aromatic rings. The Balaban J connectivity index is 0.00000338. The van der Waals surface area contributed by atoms with E-state index < -0.39 is 5.54 Å². The normalized spacial score (nSPS) is 19.7. The van der Waals surface area contributed by atoms with E-state index in [-0.39, 0.29) is 42.3 Å². The fourth-order valence-corrected chi connectivity index (χ4v) is 3.38. The van der Waals surface area contributed by atoms with Crippen molar-refractivity contribution in [1.29, 1.82) is 0 Å². The van der Waals surface area contributed by atoms with Crippen molar-refractivity contribution in [3.63, 3.8) is 0 Å². The number of rotatable bonds is 4. The lowest BCUT2D eigenvalue weighted by Crippen LogP contribution is -2.61. The molecule has 0 aromatic heterocycles. The molecule has 3 N–H and O–H groups in total. The molecule has 26 heavy (non-hydrogen) atoms. The largest absolute Gasteiger partial charge is 0.368 e. The molecule has 0 aliphatic carbocycles. The summed E-state index contributed by atoms with van der Waals surface area (Å²) in [5, 5.41) is 3.19. The number of piperidine rings is 1. The van der Waals surface area contributed by atoms with E-state index in [1.165, 1.54) is 6.42 Å². The maximum atomic E-state index is 12.3. The van der Waals surface area contributed by atoms with Crippen molar-refractivity contribution < 1.29 is 9.59 Å². The van der Waals surface area contributed by atoms with Gasteiger partial charge in [0, 0.05) is 46.3 Å². The molecule has 2 fully saturated rings. The average Bonchev–Trinajstić information content (AvgIpc) is 2.63. The van der Waals surface area contributed by atoms with E-state index in [1.807, 2.05) is 18.7 Å². The predicted octanol–water partition coefficient (Wildman–Crippen LogP) is 0.0738. The number of piperazine rings is 1. The van der Waals surface area contributed by atoms with E-state index >= 15 is 0 Å². The Morgan fingerprint density at radius 2 is 1.58 bits per heavy atom. The van der Waals surface area contributed by atoms with Crippen molar-refractivity contribution in [2.24, 2.45) is 10.7 Å². The number of halogens is 1. The zero-order valence-corrected chi connectivity index (χ0v) is 18.5. The van der Waals surface area contributed by atoms with Crippen LogP contribution in [-0.2, 0) is 9.59 Å². The molecule has 0 radical (unpaired) electrons. The zero-order valence-electron chi connectivity index (χ0n) is 16.2. The standard InChI is InChI=1S/C17H32N6O2.HI/c1-17(2,15(18)25)23-11-9-22(10-12-23)16(19-3)20-13-14(24)21-7-5-4-6-8-21;/h4-13H2,1-3H3,(H2,18,25)(H,19,20);1H.